The van der Waals surface area contributed by atoms with E-state index in [2.05, 4.69) is 41.0 Å². The van der Waals surface area contributed by atoms with Crippen LogP contribution in [0.15, 0.2) is 23.0 Å². The van der Waals surface area contributed by atoms with Crippen LogP contribution in [-0.2, 0) is 19.3 Å². The van der Waals surface area contributed by atoms with E-state index in [4.69, 9.17) is 0 Å². The van der Waals surface area contributed by atoms with Crippen LogP contribution in [0.1, 0.15) is 29.3 Å². The Hall–Kier alpha value is -0.710. The molecule has 0 bridgehead atoms. The largest absolute Gasteiger partial charge is 0.314 e. The summed E-state index contributed by atoms with van der Waals surface area (Å²) in [5.74, 6) is 0. The molecule has 0 amide bonds. The van der Waals surface area contributed by atoms with E-state index in [-0.39, 0.29) is 0 Å². The molecular formula is C14H20N2S2. The van der Waals surface area contributed by atoms with Crippen molar-refractivity contribution in [2.24, 2.45) is 0 Å². The summed E-state index contributed by atoms with van der Waals surface area (Å²) in [5.41, 5.74) is 1.43. The number of hydrogen-bond donors (Lipinski definition) is 1. The van der Waals surface area contributed by atoms with Gasteiger partial charge in [0, 0.05) is 30.1 Å². The lowest BCUT2D eigenvalue weighted by Gasteiger charge is -2.12. The van der Waals surface area contributed by atoms with Gasteiger partial charge in [-0.3, -0.25) is 0 Å². The number of thiophene rings is 1. The summed E-state index contributed by atoms with van der Waals surface area (Å²) in [4.78, 5) is 5.83. The third-order valence-electron chi connectivity index (χ3n) is 2.90. The van der Waals surface area contributed by atoms with Gasteiger partial charge in [-0.05, 0) is 42.2 Å². The molecule has 0 saturated heterocycles. The van der Waals surface area contributed by atoms with Crippen molar-refractivity contribution in [2.75, 3.05) is 6.54 Å². The van der Waals surface area contributed by atoms with Crippen LogP contribution in [0, 0.1) is 0 Å². The van der Waals surface area contributed by atoms with Gasteiger partial charge in [0.1, 0.15) is 0 Å². The maximum Gasteiger partial charge on any atom is 0.0940 e. The van der Waals surface area contributed by atoms with E-state index in [0.717, 1.165) is 25.8 Å². The fraction of sp³-hybridized carbons (Fsp3) is 0.500. The van der Waals surface area contributed by atoms with E-state index >= 15 is 0 Å². The Labute approximate surface area is 117 Å². The molecule has 18 heavy (non-hydrogen) atoms. The summed E-state index contributed by atoms with van der Waals surface area (Å²) in [6.07, 6.45) is 5.26. The number of aryl methyl sites for hydroxylation is 1. The zero-order valence-corrected chi connectivity index (χ0v) is 12.6. The van der Waals surface area contributed by atoms with Crippen LogP contribution in [0.25, 0.3) is 0 Å². The smallest absolute Gasteiger partial charge is 0.0940 e. The predicted octanol–water partition coefficient (Wildman–Crippen LogP) is 3.53. The van der Waals surface area contributed by atoms with Crippen molar-refractivity contribution in [2.45, 2.75) is 39.2 Å². The van der Waals surface area contributed by atoms with Crippen LogP contribution >= 0.6 is 22.7 Å². The Bertz CT molecular complexity index is 448. The van der Waals surface area contributed by atoms with Crippen LogP contribution in [0.4, 0.5) is 0 Å². The quantitative estimate of drug-likeness (QED) is 0.839. The number of rotatable bonds is 7. The second kappa shape index (κ2) is 7.02. The molecule has 0 fully saturated rings. The summed E-state index contributed by atoms with van der Waals surface area (Å²) >= 11 is 3.61. The molecule has 0 saturated carbocycles. The maximum absolute atomic E-state index is 4.44. The van der Waals surface area contributed by atoms with Crippen LogP contribution < -0.4 is 5.32 Å². The first-order chi connectivity index (χ1) is 8.78. The van der Waals surface area contributed by atoms with Crippen LogP contribution in [0.5, 0.6) is 0 Å². The number of hydrogen-bond acceptors (Lipinski definition) is 4. The molecule has 0 radical (unpaired) electrons. The molecule has 2 nitrogen and oxygen atoms in total. The topological polar surface area (TPSA) is 24.9 Å². The normalized spacial score (nSPS) is 12.8. The Morgan fingerprint density at radius 3 is 3.00 bits per heavy atom. The predicted molar refractivity (Wildman–Crippen MR) is 80.7 cm³/mol. The van der Waals surface area contributed by atoms with Crippen molar-refractivity contribution >= 4 is 22.7 Å². The minimum atomic E-state index is 0.533. The van der Waals surface area contributed by atoms with E-state index in [9.17, 15) is 0 Å². The average molecular weight is 280 g/mol. The number of thiazole rings is 1. The van der Waals surface area contributed by atoms with E-state index in [1.165, 1.54) is 15.4 Å². The van der Waals surface area contributed by atoms with E-state index in [1.807, 2.05) is 17.5 Å². The maximum atomic E-state index is 4.44. The highest BCUT2D eigenvalue weighted by Gasteiger charge is 2.04. The number of nitrogens with zero attached hydrogens (tertiary/aromatic N) is 1. The lowest BCUT2D eigenvalue weighted by Crippen LogP contribution is -2.29. The van der Waals surface area contributed by atoms with E-state index in [1.54, 1.807) is 11.3 Å². The lowest BCUT2D eigenvalue weighted by atomic mass is 10.1. The van der Waals surface area contributed by atoms with Gasteiger partial charge in [-0.1, -0.05) is 6.92 Å². The van der Waals surface area contributed by atoms with Crippen LogP contribution in [-0.4, -0.2) is 17.6 Å². The van der Waals surface area contributed by atoms with Gasteiger partial charge >= 0.3 is 0 Å². The van der Waals surface area contributed by atoms with Gasteiger partial charge in [0.2, 0.25) is 0 Å². The average Bonchev–Trinajstić information content (AvgIpc) is 3.00. The van der Waals surface area contributed by atoms with E-state index in [0.29, 0.717) is 6.04 Å². The van der Waals surface area contributed by atoms with Crippen molar-refractivity contribution in [3.05, 3.63) is 38.5 Å². The Morgan fingerprint density at radius 1 is 1.44 bits per heavy atom. The summed E-state index contributed by atoms with van der Waals surface area (Å²) in [6.45, 7) is 5.44. The molecule has 98 valence electrons. The van der Waals surface area contributed by atoms with E-state index < -0.39 is 0 Å². The fourth-order valence-electron chi connectivity index (χ4n) is 1.89. The second-order valence-electron chi connectivity index (χ2n) is 4.51. The molecule has 0 aromatic carbocycles. The third kappa shape index (κ3) is 4.19. The molecule has 1 atom stereocenters. The summed E-state index contributed by atoms with van der Waals surface area (Å²) in [5, 5.41) is 9.19. The molecule has 0 aliphatic carbocycles. The van der Waals surface area contributed by atoms with Crippen molar-refractivity contribution < 1.29 is 0 Å². The van der Waals surface area contributed by atoms with Gasteiger partial charge in [0.05, 0.1) is 5.01 Å². The second-order valence-corrected chi connectivity index (χ2v) is 6.49. The van der Waals surface area contributed by atoms with Gasteiger partial charge in [-0.2, -0.15) is 11.3 Å². The zero-order valence-electron chi connectivity index (χ0n) is 11.0. The molecule has 0 aliphatic rings. The molecule has 0 spiro atoms. The van der Waals surface area contributed by atoms with Crippen molar-refractivity contribution in [3.63, 3.8) is 0 Å². The Balaban J connectivity index is 1.68. The first kappa shape index (κ1) is 13.7. The molecule has 2 heterocycles. The van der Waals surface area contributed by atoms with Gasteiger partial charge in [0.25, 0.3) is 0 Å². The summed E-state index contributed by atoms with van der Waals surface area (Å²) < 4.78 is 0. The Kier molecular flexibility index (Phi) is 5.35. The summed E-state index contributed by atoms with van der Waals surface area (Å²) in [7, 11) is 0. The zero-order chi connectivity index (χ0) is 12.8. The van der Waals surface area contributed by atoms with Crippen molar-refractivity contribution in [3.8, 4) is 0 Å². The molecule has 4 heteroatoms. The molecule has 0 unspecified atom stereocenters. The number of aromatic nitrogens is 1. The summed E-state index contributed by atoms with van der Waals surface area (Å²) in [6, 6.07) is 2.74. The highest BCUT2D eigenvalue weighted by atomic mass is 32.1. The lowest BCUT2D eigenvalue weighted by molar-refractivity contribution is 0.548. The van der Waals surface area contributed by atoms with Crippen molar-refractivity contribution in [1.29, 1.82) is 0 Å². The molecular weight excluding hydrogens is 260 g/mol. The fourth-order valence-corrected chi connectivity index (χ4v) is 3.43. The van der Waals surface area contributed by atoms with Gasteiger partial charge in [-0.25, -0.2) is 4.98 Å². The first-order valence-corrected chi connectivity index (χ1v) is 8.22. The van der Waals surface area contributed by atoms with Gasteiger partial charge < -0.3 is 5.32 Å². The molecule has 2 aromatic heterocycles. The minimum absolute atomic E-state index is 0.533. The Morgan fingerprint density at radius 2 is 2.33 bits per heavy atom. The molecule has 2 rings (SSSR count). The molecule has 0 aliphatic heterocycles. The third-order valence-corrected chi connectivity index (χ3v) is 4.84. The van der Waals surface area contributed by atoms with Gasteiger partial charge in [-0.15, -0.1) is 11.3 Å². The van der Waals surface area contributed by atoms with Crippen LogP contribution in [0.3, 0.4) is 0 Å². The molecule has 2 aromatic rings. The highest BCUT2D eigenvalue weighted by molar-refractivity contribution is 7.11. The first-order valence-electron chi connectivity index (χ1n) is 6.46. The standard InChI is InChI=1S/C14H20N2S2/c1-3-13-9-16-14(18-13)4-6-15-11(2)8-12-5-7-17-10-12/h5,7,9-11,15H,3-4,6,8H2,1-2H3/t11-/m0/s1. The van der Waals surface area contributed by atoms with Gasteiger partial charge in [0.15, 0.2) is 0 Å². The monoisotopic (exact) mass is 280 g/mol. The SMILES string of the molecule is CCc1cnc(CCN[C@@H](C)Cc2ccsc2)s1. The number of nitrogens with one attached hydrogen (secondary N) is 1. The minimum Gasteiger partial charge on any atom is -0.314 e. The highest BCUT2D eigenvalue weighted by Crippen LogP contribution is 2.13. The van der Waals surface area contributed by atoms with Crippen molar-refractivity contribution in [1.82, 2.24) is 10.3 Å². The molecule has 1 N–H and O–H groups in total. The van der Waals surface area contributed by atoms with Crippen LogP contribution in [0.2, 0.25) is 0 Å².